The van der Waals surface area contributed by atoms with Gasteiger partial charge in [0.2, 0.25) is 11.8 Å². The maximum Gasteiger partial charge on any atom is 0.417 e. The van der Waals surface area contributed by atoms with Gasteiger partial charge in [-0.1, -0.05) is 24.9 Å². The Hall–Kier alpha value is -3.73. The molecule has 0 saturated carbocycles. The van der Waals surface area contributed by atoms with Crippen LogP contribution in [0.1, 0.15) is 55.5 Å². The van der Waals surface area contributed by atoms with Gasteiger partial charge in [-0.15, -0.1) is 0 Å². The number of benzene rings is 1. The highest BCUT2D eigenvalue weighted by Crippen LogP contribution is 2.41. The highest BCUT2D eigenvalue weighted by atomic mass is 35.5. The third-order valence-corrected chi connectivity index (χ3v) is 7.75. The standard InChI is InChI=1S/C28H26ClF4N5O2/c1-15-4-3-5-22(20-12-17(8-10-34-20)26-21(36-27(15)40)14-35-37(26)2)38-11-9-16(13-23(38)39)24-18(28(31,32)33)6-7-19(29)25(24)30/h6-8,10,12-15,22H,3-5,9,11H2,1-2H3,(H,36,40)/t15-,22?/m1/s1. The number of rotatable bonds is 2. The maximum absolute atomic E-state index is 14.9. The van der Waals surface area contributed by atoms with Crippen molar-refractivity contribution in [3.8, 4) is 11.3 Å². The molecular formula is C28H26ClF4N5O2. The van der Waals surface area contributed by atoms with Crippen LogP contribution in [0.4, 0.5) is 23.2 Å². The molecule has 5 rings (SSSR count). The Morgan fingerprint density at radius 1 is 1.15 bits per heavy atom. The summed E-state index contributed by atoms with van der Waals surface area (Å²) in [7, 11) is 1.75. The zero-order valence-corrected chi connectivity index (χ0v) is 22.5. The molecule has 0 radical (unpaired) electrons. The summed E-state index contributed by atoms with van der Waals surface area (Å²) in [5.41, 5.74) is 0.616. The van der Waals surface area contributed by atoms with Crippen LogP contribution in [0.15, 0.2) is 42.7 Å². The Bertz CT molecular complexity index is 1520. The lowest BCUT2D eigenvalue weighted by Crippen LogP contribution is -2.38. The number of nitrogens with zero attached hydrogens (tertiary/aromatic N) is 4. The number of carbonyl (C=O) groups excluding carboxylic acids is 2. The van der Waals surface area contributed by atoms with E-state index >= 15 is 0 Å². The summed E-state index contributed by atoms with van der Waals surface area (Å²) in [4.78, 5) is 32.4. The molecule has 1 N–H and O–H groups in total. The number of halogens is 5. The Balaban J connectivity index is 1.54. The molecule has 2 atom stereocenters. The van der Waals surface area contributed by atoms with Crippen molar-refractivity contribution in [1.29, 1.82) is 0 Å². The molecule has 210 valence electrons. The highest BCUT2D eigenvalue weighted by molar-refractivity contribution is 6.31. The molecule has 3 aromatic rings. The molecule has 2 aliphatic heterocycles. The van der Waals surface area contributed by atoms with Crippen LogP contribution in [0.5, 0.6) is 0 Å². The molecule has 40 heavy (non-hydrogen) atoms. The number of aromatic nitrogens is 3. The smallest absolute Gasteiger partial charge is 0.330 e. The van der Waals surface area contributed by atoms with Gasteiger partial charge in [0.1, 0.15) is 5.82 Å². The number of aryl methyl sites for hydroxylation is 1. The van der Waals surface area contributed by atoms with Crippen molar-refractivity contribution in [3.05, 3.63) is 70.4 Å². The first-order chi connectivity index (χ1) is 19.0. The zero-order chi connectivity index (χ0) is 28.8. The summed E-state index contributed by atoms with van der Waals surface area (Å²) in [5, 5.41) is 6.78. The summed E-state index contributed by atoms with van der Waals surface area (Å²) in [6.45, 7) is 1.87. The molecule has 1 unspecified atom stereocenters. The number of fused-ring (bicyclic) bond motifs is 4. The number of hydrogen-bond acceptors (Lipinski definition) is 4. The van der Waals surface area contributed by atoms with Crippen molar-refractivity contribution < 1.29 is 27.2 Å². The van der Waals surface area contributed by atoms with Crippen molar-refractivity contribution in [3.63, 3.8) is 0 Å². The van der Waals surface area contributed by atoms with E-state index in [1.165, 1.54) is 0 Å². The van der Waals surface area contributed by atoms with Gasteiger partial charge in [-0.05, 0) is 49.1 Å². The molecule has 0 aliphatic carbocycles. The lowest BCUT2D eigenvalue weighted by atomic mass is 9.91. The van der Waals surface area contributed by atoms with E-state index in [-0.39, 0.29) is 30.4 Å². The van der Waals surface area contributed by atoms with Crippen molar-refractivity contribution in [2.24, 2.45) is 13.0 Å². The number of hydrogen-bond donors (Lipinski definition) is 1. The van der Waals surface area contributed by atoms with Crippen molar-refractivity contribution in [2.45, 2.75) is 44.8 Å². The van der Waals surface area contributed by atoms with E-state index in [2.05, 4.69) is 15.4 Å². The second-order valence-corrected chi connectivity index (χ2v) is 10.5. The zero-order valence-electron chi connectivity index (χ0n) is 21.7. The monoisotopic (exact) mass is 575 g/mol. The summed E-state index contributed by atoms with van der Waals surface area (Å²) >= 11 is 5.82. The summed E-state index contributed by atoms with van der Waals surface area (Å²) in [6, 6.07) is 4.68. The van der Waals surface area contributed by atoms with Crippen LogP contribution in [0.25, 0.3) is 16.8 Å². The first-order valence-corrected chi connectivity index (χ1v) is 13.2. The molecule has 7 nitrogen and oxygen atoms in total. The maximum atomic E-state index is 14.9. The first-order valence-electron chi connectivity index (χ1n) is 12.8. The molecule has 4 heterocycles. The number of carbonyl (C=O) groups is 2. The lowest BCUT2D eigenvalue weighted by molar-refractivity contribution is -0.138. The van der Waals surface area contributed by atoms with Crippen LogP contribution >= 0.6 is 11.6 Å². The quantitative estimate of drug-likeness (QED) is 0.358. The third-order valence-electron chi connectivity index (χ3n) is 7.46. The average Bonchev–Trinajstić information content (AvgIpc) is 3.26. The molecule has 1 aromatic carbocycles. The fraction of sp³-hybridized carbons (Fsp3) is 0.357. The van der Waals surface area contributed by atoms with Gasteiger partial charge in [0.25, 0.3) is 0 Å². The van der Waals surface area contributed by atoms with Gasteiger partial charge in [0.05, 0.1) is 39.9 Å². The van der Waals surface area contributed by atoms with Gasteiger partial charge in [0.15, 0.2) is 0 Å². The largest absolute Gasteiger partial charge is 0.417 e. The summed E-state index contributed by atoms with van der Waals surface area (Å²) in [6.07, 6.45) is 1.02. The van der Waals surface area contributed by atoms with Gasteiger partial charge in [-0.2, -0.15) is 18.3 Å². The lowest BCUT2D eigenvalue weighted by Gasteiger charge is -2.35. The molecule has 12 heteroatoms. The minimum atomic E-state index is -4.83. The number of alkyl halides is 3. The van der Waals surface area contributed by atoms with Crippen LogP contribution in [0, 0.1) is 11.7 Å². The van der Waals surface area contributed by atoms with E-state index in [4.69, 9.17) is 11.6 Å². The molecule has 0 fully saturated rings. The molecule has 2 aromatic heterocycles. The Kier molecular flexibility index (Phi) is 7.43. The van der Waals surface area contributed by atoms with Gasteiger partial charge in [0, 0.05) is 42.9 Å². The second-order valence-electron chi connectivity index (χ2n) is 10.1. The van der Waals surface area contributed by atoms with E-state index in [1.54, 1.807) is 35.1 Å². The second kappa shape index (κ2) is 10.7. The van der Waals surface area contributed by atoms with E-state index in [1.807, 2.05) is 13.0 Å². The van der Waals surface area contributed by atoms with Crippen molar-refractivity contribution in [1.82, 2.24) is 19.7 Å². The van der Waals surface area contributed by atoms with E-state index < -0.39 is 40.1 Å². The van der Waals surface area contributed by atoms with Crippen molar-refractivity contribution >= 4 is 34.7 Å². The van der Waals surface area contributed by atoms with Gasteiger partial charge < -0.3 is 10.2 Å². The Labute approximate surface area is 232 Å². The van der Waals surface area contributed by atoms with Crippen LogP contribution in [0.3, 0.4) is 0 Å². The van der Waals surface area contributed by atoms with Crippen molar-refractivity contribution in [2.75, 3.05) is 11.9 Å². The predicted molar refractivity (Wildman–Crippen MR) is 142 cm³/mol. The fourth-order valence-corrected chi connectivity index (χ4v) is 5.54. The molecule has 2 aliphatic rings. The Morgan fingerprint density at radius 3 is 2.65 bits per heavy atom. The molecule has 0 saturated heterocycles. The number of amides is 2. The predicted octanol–water partition coefficient (Wildman–Crippen LogP) is 6.41. The van der Waals surface area contributed by atoms with Gasteiger partial charge >= 0.3 is 6.18 Å². The number of pyridine rings is 1. The minimum absolute atomic E-state index is 0.00698. The molecule has 2 amide bonds. The first kappa shape index (κ1) is 27.8. The van der Waals surface area contributed by atoms with Crippen LogP contribution in [0.2, 0.25) is 5.02 Å². The summed E-state index contributed by atoms with van der Waals surface area (Å²) in [5.74, 6) is -2.21. The normalized spacial score (nSPS) is 20.3. The Morgan fingerprint density at radius 2 is 1.93 bits per heavy atom. The molecule has 2 bridgehead atoms. The van der Waals surface area contributed by atoms with Crippen LogP contribution in [-0.4, -0.2) is 38.0 Å². The molecule has 0 spiro atoms. The third kappa shape index (κ3) is 5.22. The van der Waals surface area contributed by atoms with Crippen LogP contribution in [-0.2, 0) is 22.8 Å². The van der Waals surface area contributed by atoms with Gasteiger partial charge in [-0.3, -0.25) is 19.3 Å². The SMILES string of the molecule is C[C@@H]1CCCC(N2CCC(c3c(C(F)(F)F)ccc(Cl)c3F)=CC2=O)c2cc(ccn2)-c2c(cnn2C)NC1=O. The molecular weight excluding hydrogens is 550 g/mol. The minimum Gasteiger partial charge on any atom is -0.330 e. The van der Waals surface area contributed by atoms with E-state index in [9.17, 15) is 27.2 Å². The van der Waals surface area contributed by atoms with Gasteiger partial charge in [-0.25, -0.2) is 4.39 Å². The highest BCUT2D eigenvalue weighted by Gasteiger charge is 2.38. The number of anilines is 1. The average molecular weight is 576 g/mol. The van der Waals surface area contributed by atoms with E-state index in [0.29, 0.717) is 36.3 Å². The summed E-state index contributed by atoms with van der Waals surface area (Å²) < 4.78 is 57.7. The van der Waals surface area contributed by atoms with Crippen LogP contribution < -0.4 is 5.32 Å². The number of nitrogens with one attached hydrogen (secondary N) is 1. The fourth-order valence-electron chi connectivity index (χ4n) is 5.38. The topological polar surface area (TPSA) is 80.1 Å². The van der Waals surface area contributed by atoms with E-state index in [0.717, 1.165) is 23.8 Å².